The van der Waals surface area contributed by atoms with Crippen molar-refractivity contribution in [2.45, 2.75) is 38.5 Å². The quantitative estimate of drug-likeness (QED) is 0.769. The molecule has 2 aromatic heterocycles. The average molecular weight is 279 g/mol. The van der Waals surface area contributed by atoms with Crippen molar-refractivity contribution in [3.8, 4) is 0 Å². The lowest BCUT2D eigenvalue weighted by atomic mass is 10.1. The molecule has 3 heteroatoms. The van der Waals surface area contributed by atoms with Gasteiger partial charge in [-0.1, -0.05) is 12.8 Å². The Labute approximate surface area is 104 Å². The lowest BCUT2D eigenvalue weighted by molar-refractivity contribution is 0.703. The molecular formula is C13H15BrN2. The third-order valence-electron chi connectivity index (χ3n) is 3.53. The highest BCUT2D eigenvalue weighted by atomic mass is 79.9. The van der Waals surface area contributed by atoms with Crippen LogP contribution in [0.1, 0.15) is 42.9 Å². The van der Waals surface area contributed by atoms with Crippen molar-refractivity contribution in [1.29, 1.82) is 0 Å². The molecule has 1 saturated carbocycles. The van der Waals surface area contributed by atoms with Gasteiger partial charge in [0, 0.05) is 22.8 Å². The average Bonchev–Trinajstić information content (AvgIpc) is 2.86. The Bertz CT molecular complexity index is 485. The molecule has 0 radical (unpaired) electrons. The van der Waals surface area contributed by atoms with Crippen LogP contribution in [0.3, 0.4) is 0 Å². The van der Waals surface area contributed by atoms with Gasteiger partial charge < -0.3 is 4.40 Å². The summed E-state index contributed by atoms with van der Waals surface area (Å²) in [5, 5.41) is 0. The number of imidazole rings is 1. The van der Waals surface area contributed by atoms with Gasteiger partial charge in [0.1, 0.15) is 5.65 Å². The molecule has 0 atom stereocenters. The highest BCUT2D eigenvalue weighted by Gasteiger charge is 2.19. The van der Waals surface area contributed by atoms with Gasteiger partial charge in [-0.3, -0.25) is 0 Å². The van der Waals surface area contributed by atoms with Crippen molar-refractivity contribution in [2.24, 2.45) is 0 Å². The van der Waals surface area contributed by atoms with E-state index in [9.17, 15) is 0 Å². The van der Waals surface area contributed by atoms with Gasteiger partial charge in [0.15, 0.2) is 0 Å². The van der Waals surface area contributed by atoms with E-state index in [-0.39, 0.29) is 0 Å². The number of aromatic nitrogens is 2. The summed E-state index contributed by atoms with van der Waals surface area (Å²) in [6, 6.07) is 2.14. The molecular weight excluding hydrogens is 264 g/mol. The number of halogens is 1. The largest absolute Gasteiger partial charge is 0.306 e. The maximum absolute atomic E-state index is 4.74. The van der Waals surface area contributed by atoms with Crippen LogP contribution in [-0.2, 0) is 0 Å². The van der Waals surface area contributed by atoms with E-state index in [1.54, 1.807) is 0 Å². The predicted molar refractivity (Wildman–Crippen MR) is 68.8 cm³/mol. The lowest BCUT2D eigenvalue weighted by Gasteiger charge is -2.02. The molecule has 0 N–H and O–H groups in total. The molecule has 0 amide bonds. The van der Waals surface area contributed by atoms with E-state index >= 15 is 0 Å². The summed E-state index contributed by atoms with van der Waals surface area (Å²) in [6.07, 6.45) is 9.64. The third-order valence-corrected chi connectivity index (χ3v) is 4.36. The maximum Gasteiger partial charge on any atom is 0.137 e. The molecule has 0 spiro atoms. The maximum atomic E-state index is 4.74. The van der Waals surface area contributed by atoms with E-state index in [0.29, 0.717) is 5.92 Å². The van der Waals surface area contributed by atoms with Crippen LogP contribution in [0.4, 0.5) is 0 Å². The third kappa shape index (κ3) is 1.67. The van der Waals surface area contributed by atoms with Crippen molar-refractivity contribution in [1.82, 2.24) is 9.38 Å². The van der Waals surface area contributed by atoms with Crippen molar-refractivity contribution in [2.75, 3.05) is 0 Å². The zero-order chi connectivity index (χ0) is 11.1. The molecule has 0 unspecified atom stereocenters. The Kier molecular flexibility index (Phi) is 2.51. The minimum absolute atomic E-state index is 0.694. The summed E-state index contributed by atoms with van der Waals surface area (Å²) in [7, 11) is 0. The Hall–Kier alpha value is -0.830. The van der Waals surface area contributed by atoms with Crippen LogP contribution in [0, 0.1) is 6.92 Å². The zero-order valence-corrected chi connectivity index (χ0v) is 11.0. The first-order chi connectivity index (χ1) is 7.74. The monoisotopic (exact) mass is 278 g/mol. The van der Waals surface area contributed by atoms with Crippen molar-refractivity contribution >= 4 is 21.6 Å². The van der Waals surface area contributed by atoms with Gasteiger partial charge in [-0.25, -0.2) is 4.98 Å². The second-order valence-electron chi connectivity index (χ2n) is 4.72. The van der Waals surface area contributed by atoms with Gasteiger partial charge >= 0.3 is 0 Å². The Balaban J connectivity index is 2.08. The minimum Gasteiger partial charge on any atom is -0.306 e. The number of hydrogen-bond acceptors (Lipinski definition) is 1. The van der Waals surface area contributed by atoms with Crippen LogP contribution in [0.2, 0.25) is 0 Å². The van der Waals surface area contributed by atoms with Crippen LogP contribution in [0.15, 0.2) is 22.9 Å². The van der Waals surface area contributed by atoms with E-state index in [2.05, 4.69) is 45.7 Å². The van der Waals surface area contributed by atoms with Crippen LogP contribution >= 0.6 is 15.9 Å². The van der Waals surface area contributed by atoms with Gasteiger partial charge in [0.05, 0.1) is 5.69 Å². The zero-order valence-electron chi connectivity index (χ0n) is 9.41. The number of pyridine rings is 1. The molecule has 0 aromatic carbocycles. The normalized spacial score (nSPS) is 17.4. The Morgan fingerprint density at radius 2 is 2.06 bits per heavy atom. The summed E-state index contributed by atoms with van der Waals surface area (Å²) in [5.41, 5.74) is 3.59. The van der Waals surface area contributed by atoms with Crippen LogP contribution < -0.4 is 0 Å². The first-order valence-corrected chi connectivity index (χ1v) is 6.68. The van der Waals surface area contributed by atoms with E-state index in [1.807, 2.05) is 0 Å². The summed E-state index contributed by atoms with van der Waals surface area (Å²) in [6.45, 7) is 2.11. The van der Waals surface area contributed by atoms with Gasteiger partial charge in [0.2, 0.25) is 0 Å². The lowest BCUT2D eigenvalue weighted by Crippen LogP contribution is -1.91. The first kappa shape index (κ1) is 10.3. The van der Waals surface area contributed by atoms with Crippen molar-refractivity contribution in [3.05, 3.63) is 34.2 Å². The molecule has 16 heavy (non-hydrogen) atoms. The fraction of sp³-hybridized carbons (Fsp3) is 0.462. The summed E-state index contributed by atoms with van der Waals surface area (Å²) < 4.78 is 3.28. The number of nitrogens with zero attached hydrogens (tertiary/aromatic N) is 2. The van der Waals surface area contributed by atoms with Crippen molar-refractivity contribution < 1.29 is 0 Å². The van der Waals surface area contributed by atoms with Gasteiger partial charge in [-0.05, 0) is 47.3 Å². The highest BCUT2D eigenvalue weighted by molar-refractivity contribution is 9.10. The second-order valence-corrected chi connectivity index (χ2v) is 5.57. The molecule has 1 aliphatic rings. The molecule has 0 saturated heterocycles. The SMILES string of the molecule is Cc1cc2nc(C3CCCC3)cn2cc1Br. The fourth-order valence-corrected chi connectivity index (χ4v) is 2.88. The van der Waals surface area contributed by atoms with Crippen molar-refractivity contribution in [3.63, 3.8) is 0 Å². The van der Waals surface area contributed by atoms with Crippen LogP contribution in [0.5, 0.6) is 0 Å². The standard InChI is InChI=1S/C13H15BrN2/c1-9-6-13-15-12(10-4-2-3-5-10)8-16(13)7-11(9)14/h6-8,10H,2-5H2,1H3. The molecule has 2 aromatic rings. The minimum atomic E-state index is 0.694. The molecule has 0 bridgehead atoms. The first-order valence-electron chi connectivity index (χ1n) is 5.89. The predicted octanol–water partition coefficient (Wildman–Crippen LogP) is 4.06. The van der Waals surface area contributed by atoms with Gasteiger partial charge in [-0.15, -0.1) is 0 Å². The van der Waals surface area contributed by atoms with Crippen LogP contribution in [0.25, 0.3) is 5.65 Å². The molecule has 2 heterocycles. The number of hydrogen-bond donors (Lipinski definition) is 0. The smallest absolute Gasteiger partial charge is 0.137 e. The topological polar surface area (TPSA) is 17.3 Å². The molecule has 1 aliphatic carbocycles. The number of rotatable bonds is 1. The second kappa shape index (κ2) is 3.88. The summed E-state index contributed by atoms with van der Waals surface area (Å²) >= 11 is 3.56. The van der Waals surface area contributed by atoms with E-state index in [4.69, 9.17) is 4.98 Å². The Morgan fingerprint density at radius 3 is 2.81 bits per heavy atom. The molecule has 84 valence electrons. The molecule has 2 nitrogen and oxygen atoms in total. The Morgan fingerprint density at radius 1 is 1.31 bits per heavy atom. The molecule has 3 rings (SSSR count). The van der Waals surface area contributed by atoms with Gasteiger partial charge in [0.25, 0.3) is 0 Å². The van der Waals surface area contributed by atoms with E-state index < -0.39 is 0 Å². The number of aryl methyl sites for hydroxylation is 1. The van der Waals surface area contributed by atoms with E-state index in [1.165, 1.54) is 36.9 Å². The number of fused-ring (bicyclic) bond motifs is 1. The molecule has 1 fully saturated rings. The summed E-state index contributed by atoms with van der Waals surface area (Å²) in [5.74, 6) is 0.694. The molecule has 0 aliphatic heterocycles. The van der Waals surface area contributed by atoms with E-state index in [0.717, 1.165) is 10.1 Å². The van der Waals surface area contributed by atoms with Gasteiger partial charge in [-0.2, -0.15) is 0 Å². The van der Waals surface area contributed by atoms with Crippen LogP contribution in [-0.4, -0.2) is 9.38 Å². The fourth-order valence-electron chi connectivity index (χ4n) is 2.54. The highest BCUT2D eigenvalue weighted by Crippen LogP contribution is 2.33. The summed E-state index contributed by atoms with van der Waals surface area (Å²) in [4.78, 5) is 4.74.